The first-order chi connectivity index (χ1) is 10.8. The summed E-state index contributed by atoms with van der Waals surface area (Å²) in [6.45, 7) is 2.01. The maximum atomic E-state index is 4.42. The third-order valence-corrected chi connectivity index (χ3v) is 4.11. The largest absolute Gasteiger partial charge is 0.351 e. The molecule has 22 heavy (non-hydrogen) atoms. The summed E-state index contributed by atoms with van der Waals surface area (Å²) in [6.07, 6.45) is 16.0. The molecule has 0 bridgehead atoms. The minimum Gasteiger partial charge on any atom is -0.351 e. The minimum atomic E-state index is 0.535. The fraction of sp³-hybridized carbons (Fsp3) is 0.389. The summed E-state index contributed by atoms with van der Waals surface area (Å²) in [6, 6.07) is 4.53. The molecule has 0 aliphatic heterocycles. The van der Waals surface area contributed by atoms with Gasteiger partial charge in [0, 0.05) is 35.9 Å². The Morgan fingerprint density at radius 2 is 1.82 bits per heavy atom. The number of pyridine rings is 1. The quantitative estimate of drug-likeness (QED) is 0.922. The van der Waals surface area contributed by atoms with Crippen LogP contribution in [-0.4, -0.2) is 21.0 Å². The molecule has 1 aliphatic carbocycles. The highest BCUT2D eigenvalue weighted by molar-refractivity contribution is 5.69. The van der Waals surface area contributed by atoms with Gasteiger partial charge < -0.3 is 5.32 Å². The Kier molecular flexibility index (Phi) is 4.78. The lowest BCUT2D eigenvalue weighted by atomic mass is 9.96. The van der Waals surface area contributed by atoms with Gasteiger partial charge in [-0.1, -0.05) is 37.5 Å². The number of hydrogen-bond acceptors (Lipinski definition) is 4. The summed E-state index contributed by atoms with van der Waals surface area (Å²) in [5.41, 5.74) is 3.14. The van der Waals surface area contributed by atoms with Gasteiger partial charge in [0.25, 0.3) is 0 Å². The Morgan fingerprint density at radius 3 is 2.55 bits per heavy atom. The number of aryl methyl sites for hydroxylation is 1. The standard InChI is InChI=1S/C18H22N4/c1-14-16(6-5-11-19-14)10-9-15-12-20-18(21-13-15)22-17-7-3-2-4-8-17/h5-6,9-13,17H,2-4,7-8H2,1H3,(H,20,21,22)/b10-9+. The van der Waals surface area contributed by atoms with Crippen LogP contribution in [0, 0.1) is 6.92 Å². The van der Waals surface area contributed by atoms with Crippen LogP contribution >= 0.6 is 0 Å². The van der Waals surface area contributed by atoms with Crippen LogP contribution < -0.4 is 5.32 Å². The minimum absolute atomic E-state index is 0.535. The zero-order valence-electron chi connectivity index (χ0n) is 13.0. The van der Waals surface area contributed by atoms with Gasteiger partial charge in [-0.3, -0.25) is 4.98 Å². The molecule has 2 aromatic heterocycles. The molecule has 2 aromatic rings. The molecule has 4 nitrogen and oxygen atoms in total. The maximum Gasteiger partial charge on any atom is 0.222 e. The smallest absolute Gasteiger partial charge is 0.222 e. The molecule has 0 atom stereocenters. The second kappa shape index (κ2) is 7.16. The summed E-state index contributed by atoms with van der Waals surface area (Å²) < 4.78 is 0. The van der Waals surface area contributed by atoms with Crippen molar-refractivity contribution >= 4 is 18.1 Å². The fourth-order valence-electron chi connectivity index (χ4n) is 2.79. The highest BCUT2D eigenvalue weighted by atomic mass is 15.1. The molecule has 2 heterocycles. The molecule has 0 spiro atoms. The molecule has 0 unspecified atom stereocenters. The number of aromatic nitrogens is 3. The molecule has 1 saturated carbocycles. The first-order valence-corrected chi connectivity index (χ1v) is 7.99. The van der Waals surface area contributed by atoms with Gasteiger partial charge >= 0.3 is 0 Å². The highest BCUT2D eigenvalue weighted by Crippen LogP contribution is 2.20. The van der Waals surface area contributed by atoms with Gasteiger partial charge in [-0.25, -0.2) is 9.97 Å². The predicted molar refractivity (Wildman–Crippen MR) is 90.4 cm³/mol. The van der Waals surface area contributed by atoms with Crippen molar-refractivity contribution in [3.8, 4) is 0 Å². The highest BCUT2D eigenvalue weighted by Gasteiger charge is 2.13. The lowest BCUT2D eigenvalue weighted by Gasteiger charge is -2.22. The van der Waals surface area contributed by atoms with E-state index in [-0.39, 0.29) is 0 Å². The van der Waals surface area contributed by atoms with E-state index in [1.165, 1.54) is 32.1 Å². The van der Waals surface area contributed by atoms with E-state index >= 15 is 0 Å². The van der Waals surface area contributed by atoms with E-state index in [0.717, 1.165) is 22.8 Å². The SMILES string of the molecule is Cc1ncccc1/C=C/c1cnc(NC2CCCCC2)nc1. The first kappa shape index (κ1) is 14.7. The molecule has 1 fully saturated rings. The van der Waals surface area contributed by atoms with Crippen LogP contribution in [0.2, 0.25) is 0 Å². The van der Waals surface area contributed by atoms with E-state index in [0.29, 0.717) is 6.04 Å². The zero-order chi connectivity index (χ0) is 15.2. The molecule has 0 aromatic carbocycles. The van der Waals surface area contributed by atoms with Gasteiger partial charge in [0.05, 0.1) is 0 Å². The molecule has 1 aliphatic rings. The molecular weight excluding hydrogens is 272 g/mol. The van der Waals surface area contributed by atoms with Crippen LogP contribution in [-0.2, 0) is 0 Å². The van der Waals surface area contributed by atoms with E-state index in [1.54, 1.807) is 0 Å². The number of nitrogens with one attached hydrogen (secondary N) is 1. The van der Waals surface area contributed by atoms with Gasteiger partial charge in [0.2, 0.25) is 5.95 Å². The summed E-state index contributed by atoms with van der Waals surface area (Å²) in [5.74, 6) is 0.738. The Bertz CT molecular complexity index is 628. The van der Waals surface area contributed by atoms with Crippen LogP contribution in [0.15, 0.2) is 30.7 Å². The van der Waals surface area contributed by atoms with Crippen LogP contribution in [0.3, 0.4) is 0 Å². The molecular formula is C18H22N4. The normalized spacial score (nSPS) is 16.0. The Labute approximate surface area is 131 Å². The predicted octanol–water partition coefficient (Wildman–Crippen LogP) is 4.10. The van der Waals surface area contributed by atoms with Crippen molar-refractivity contribution in [3.05, 3.63) is 47.5 Å². The van der Waals surface area contributed by atoms with Gasteiger partial charge in [0.1, 0.15) is 0 Å². The number of nitrogens with zero attached hydrogens (tertiary/aromatic N) is 3. The lowest BCUT2D eigenvalue weighted by molar-refractivity contribution is 0.461. The molecule has 4 heteroatoms. The Morgan fingerprint density at radius 1 is 1.05 bits per heavy atom. The first-order valence-electron chi connectivity index (χ1n) is 7.99. The maximum absolute atomic E-state index is 4.42. The molecule has 0 radical (unpaired) electrons. The van der Waals surface area contributed by atoms with Gasteiger partial charge in [-0.2, -0.15) is 0 Å². The van der Waals surface area contributed by atoms with Crippen molar-refractivity contribution in [2.75, 3.05) is 5.32 Å². The van der Waals surface area contributed by atoms with Crippen LogP contribution in [0.25, 0.3) is 12.2 Å². The molecule has 3 rings (SSSR count). The molecule has 1 N–H and O–H groups in total. The number of anilines is 1. The third-order valence-electron chi connectivity index (χ3n) is 4.11. The summed E-state index contributed by atoms with van der Waals surface area (Å²) in [5, 5.41) is 3.43. The topological polar surface area (TPSA) is 50.7 Å². The fourth-order valence-corrected chi connectivity index (χ4v) is 2.79. The van der Waals surface area contributed by atoms with Crippen LogP contribution in [0.5, 0.6) is 0 Å². The average molecular weight is 294 g/mol. The van der Waals surface area contributed by atoms with Crippen molar-refractivity contribution in [2.24, 2.45) is 0 Å². The van der Waals surface area contributed by atoms with E-state index in [9.17, 15) is 0 Å². The van der Waals surface area contributed by atoms with Gasteiger partial charge in [0.15, 0.2) is 0 Å². The average Bonchev–Trinajstić information content (AvgIpc) is 2.56. The molecule has 0 saturated heterocycles. The van der Waals surface area contributed by atoms with Crippen molar-refractivity contribution < 1.29 is 0 Å². The summed E-state index contributed by atoms with van der Waals surface area (Å²) in [4.78, 5) is 13.1. The van der Waals surface area contributed by atoms with Gasteiger partial charge in [-0.15, -0.1) is 0 Å². The Hall–Kier alpha value is -2.23. The zero-order valence-corrected chi connectivity index (χ0v) is 13.0. The van der Waals surface area contributed by atoms with Crippen molar-refractivity contribution in [1.82, 2.24) is 15.0 Å². The van der Waals surface area contributed by atoms with E-state index in [4.69, 9.17) is 0 Å². The number of hydrogen-bond donors (Lipinski definition) is 1. The van der Waals surface area contributed by atoms with Crippen molar-refractivity contribution in [2.45, 2.75) is 45.1 Å². The third kappa shape index (κ3) is 3.91. The van der Waals surface area contributed by atoms with Crippen LogP contribution in [0.4, 0.5) is 5.95 Å². The van der Waals surface area contributed by atoms with Gasteiger partial charge in [-0.05, 0) is 31.4 Å². The summed E-state index contributed by atoms with van der Waals surface area (Å²) in [7, 11) is 0. The van der Waals surface area contributed by atoms with Crippen molar-refractivity contribution in [3.63, 3.8) is 0 Å². The second-order valence-electron chi connectivity index (χ2n) is 5.83. The molecule has 114 valence electrons. The summed E-state index contributed by atoms with van der Waals surface area (Å²) >= 11 is 0. The second-order valence-corrected chi connectivity index (χ2v) is 5.83. The number of rotatable bonds is 4. The van der Waals surface area contributed by atoms with Crippen molar-refractivity contribution in [1.29, 1.82) is 0 Å². The van der Waals surface area contributed by atoms with Crippen LogP contribution in [0.1, 0.15) is 48.9 Å². The lowest BCUT2D eigenvalue weighted by Crippen LogP contribution is -2.23. The van der Waals surface area contributed by atoms with E-state index in [1.807, 2.05) is 37.7 Å². The Balaban J connectivity index is 1.62. The van der Waals surface area contributed by atoms with E-state index < -0.39 is 0 Å². The van der Waals surface area contributed by atoms with E-state index in [2.05, 4.69) is 32.4 Å². The molecule has 0 amide bonds. The monoisotopic (exact) mass is 294 g/mol.